The molecule has 3 rings (SSSR count). The zero-order chi connectivity index (χ0) is 22.5. The third kappa shape index (κ3) is 6.53. The molecule has 0 unspecified atom stereocenters. The highest BCUT2D eigenvalue weighted by Gasteiger charge is 2.41. The normalized spacial score (nSPS) is 18.6. The highest BCUT2D eigenvalue weighted by molar-refractivity contribution is 5.79. The molecule has 170 valence electrons. The second-order valence-corrected chi connectivity index (χ2v) is 9.07. The number of hydrogen-bond donors (Lipinski definition) is 2. The van der Waals surface area contributed by atoms with E-state index in [2.05, 4.69) is 25.5 Å². The second-order valence-electron chi connectivity index (χ2n) is 9.07. The Hall–Kier alpha value is -2.91. The van der Waals surface area contributed by atoms with Crippen molar-refractivity contribution in [1.82, 2.24) is 20.6 Å². The summed E-state index contributed by atoms with van der Waals surface area (Å²) in [7, 11) is 0. The summed E-state index contributed by atoms with van der Waals surface area (Å²) in [5, 5.41) is 5.42. The van der Waals surface area contributed by atoms with Gasteiger partial charge in [0, 0.05) is 38.2 Å². The number of carbonyl (C=O) groups is 2. The SMILES string of the molecule is CC(C)(C)OC(=O)NC/C(=C\F)COc1cnc(N2CCC3(CC2)CNC(=O)C3)nc1. The molecule has 2 amide bonds. The third-order valence-corrected chi connectivity index (χ3v) is 5.35. The van der Waals surface area contributed by atoms with E-state index in [4.69, 9.17) is 9.47 Å². The minimum Gasteiger partial charge on any atom is -0.486 e. The van der Waals surface area contributed by atoms with Gasteiger partial charge in [0.1, 0.15) is 12.2 Å². The number of rotatable bonds is 6. The smallest absolute Gasteiger partial charge is 0.407 e. The van der Waals surface area contributed by atoms with Crippen LogP contribution < -0.4 is 20.3 Å². The molecule has 0 aromatic carbocycles. The van der Waals surface area contributed by atoms with E-state index in [1.807, 2.05) is 0 Å². The highest BCUT2D eigenvalue weighted by Crippen LogP contribution is 2.38. The molecule has 0 aliphatic carbocycles. The second kappa shape index (κ2) is 9.49. The van der Waals surface area contributed by atoms with Crippen LogP contribution in [0.3, 0.4) is 0 Å². The number of alkyl carbamates (subject to hydrolysis) is 1. The van der Waals surface area contributed by atoms with Gasteiger partial charge < -0.3 is 25.0 Å². The minimum atomic E-state index is -0.625. The minimum absolute atomic E-state index is 0.0305. The first-order chi connectivity index (χ1) is 14.7. The fourth-order valence-electron chi connectivity index (χ4n) is 3.63. The van der Waals surface area contributed by atoms with Gasteiger partial charge in [0.15, 0.2) is 5.75 Å². The van der Waals surface area contributed by atoms with E-state index in [0.717, 1.165) is 32.5 Å². The van der Waals surface area contributed by atoms with E-state index < -0.39 is 11.7 Å². The van der Waals surface area contributed by atoms with Crippen molar-refractivity contribution < 1.29 is 23.5 Å². The van der Waals surface area contributed by atoms with Crippen molar-refractivity contribution in [3.63, 3.8) is 0 Å². The maximum atomic E-state index is 13.1. The lowest BCUT2D eigenvalue weighted by molar-refractivity contribution is -0.119. The maximum Gasteiger partial charge on any atom is 0.407 e. The largest absolute Gasteiger partial charge is 0.486 e. The Bertz CT molecular complexity index is 814. The fraction of sp³-hybridized carbons (Fsp3) is 0.619. The van der Waals surface area contributed by atoms with Crippen LogP contribution in [0.1, 0.15) is 40.0 Å². The number of piperidine rings is 1. The lowest BCUT2D eigenvalue weighted by atomic mass is 9.78. The number of nitrogens with one attached hydrogen (secondary N) is 2. The Morgan fingerprint density at radius 3 is 2.55 bits per heavy atom. The van der Waals surface area contributed by atoms with Crippen LogP contribution in [-0.4, -0.2) is 60.4 Å². The summed E-state index contributed by atoms with van der Waals surface area (Å²) in [5.74, 6) is 1.14. The molecule has 0 bridgehead atoms. The molecule has 2 aliphatic rings. The average Bonchev–Trinajstić information content (AvgIpc) is 3.08. The standard InChI is InChI=1S/C21H30FN5O4/c1-20(2,3)31-19(29)25-10-15(9-22)13-30-16-11-23-18(24-12-16)27-6-4-21(5-7-27)8-17(28)26-14-21/h9,11-12H,4-8,10,13-14H2,1-3H3,(H,25,29)(H,26,28)/b15-9+. The van der Waals surface area contributed by atoms with Gasteiger partial charge in [0.25, 0.3) is 0 Å². The quantitative estimate of drug-likeness (QED) is 0.706. The highest BCUT2D eigenvalue weighted by atomic mass is 19.1. The molecule has 0 saturated carbocycles. The number of carbonyl (C=O) groups excluding carboxylic acids is 2. The molecule has 9 nitrogen and oxygen atoms in total. The average molecular weight is 436 g/mol. The summed E-state index contributed by atoms with van der Waals surface area (Å²) in [4.78, 5) is 34.0. The van der Waals surface area contributed by atoms with Gasteiger partial charge in [-0.1, -0.05) is 0 Å². The molecule has 0 atom stereocenters. The van der Waals surface area contributed by atoms with Gasteiger partial charge in [-0.05, 0) is 39.0 Å². The summed E-state index contributed by atoms with van der Waals surface area (Å²) >= 11 is 0. The lowest BCUT2D eigenvalue weighted by Gasteiger charge is -2.38. The summed E-state index contributed by atoms with van der Waals surface area (Å²) in [6.07, 6.45) is 5.31. The van der Waals surface area contributed by atoms with Crippen LogP contribution in [0.5, 0.6) is 5.75 Å². The van der Waals surface area contributed by atoms with Crippen LogP contribution in [0.4, 0.5) is 15.1 Å². The molecule has 0 radical (unpaired) electrons. The van der Waals surface area contributed by atoms with Crippen molar-refractivity contribution in [2.24, 2.45) is 5.41 Å². The van der Waals surface area contributed by atoms with Crippen LogP contribution >= 0.6 is 0 Å². The van der Waals surface area contributed by atoms with Crippen LogP contribution in [0.2, 0.25) is 0 Å². The summed E-state index contributed by atoms with van der Waals surface area (Å²) < 4.78 is 23.8. The van der Waals surface area contributed by atoms with Crippen LogP contribution in [0.15, 0.2) is 24.3 Å². The van der Waals surface area contributed by atoms with E-state index in [9.17, 15) is 14.0 Å². The molecule has 1 spiro atoms. The number of nitrogens with zero attached hydrogens (tertiary/aromatic N) is 3. The molecule has 31 heavy (non-hydrogen) atoms. The zero-order valence-corrected chi connectivity index (χ0v) is 18.2. The molecule has 10 heteroatoms. The first-order valence-corrected chi connectivity index (χ1v) is 10.4. The van der Waals surface area contributed by atoms with E-state index in [0.29, 0.717) is 24.4 Å². The van der Waals surface area contributed by atoms with Gasteiger partial charge in [-0.15, -0.1) is 0 Å². The lowest BCUT2D eigenvalue weighted by Crippen LogP contribution is -2.41. The molecule has 1 aromatic rings. The molecule has 1 aromatic heterocycles. The molecule has 2 fully saturated rings. The first-order valence-electron chi connectivity index (χ1n) is 10.4. The van der Waals surface area contributed by atoms with Crippen molar-refractivity contribution in [2.45, 2.75) is 45.6 Å². The van der Waals surface area contributed by atoms with Crippen molar-refractivity contribution in [3.05, 3.63) is 24.3 Å². The van der Waals surface area contributed by atoms with Crippen LogP contribution in [0.25, 0.3) is 0 Å². The Kier molecular flexibility index (Phi) is 6.97. The van der Waals surface area contributed by atoms with Gasteiger partial charge in [0.05, 0.1) is 18.7 Å². The van der Waals surface area contributed by atoms with Crippen molar-refractivity contribution in [1.29, 1.82) is 0 Å². The Morgan fingerprint density at radius 2 is 2.00 bits per heavy atom. The predicted molar refractivity (Wildman–Crippen MR) is 112 cm³/mol. The van der Waals surface area contributed by atoms with Gasteiger partial charge in [-0.3, -0.25) is 4.79 Å². The van der Waals surface area contributed by atoms with Gasteiger partial charge in [0.2, 0.25) is 11.9 Å². The van der Waals surface area contributed by atoms with Crippen molar-refractivity contribution >= 4 is 17.9 Å². The fourth-order valence-corrected chi connectivity index (χ4v) is 3.63. The number of hydrogen-bond acceptors (Lipinski definition) is 7. The molecule has 2 N–H and O–H groups in total. The first kappa shape index (κ1) is 22.8. The van der Waals surface area contributed by atoms with E-state index in [1.165, 1.54) is 0 Å². The molecule has 3 heterocycles. The van der Waals surface area contributed by atoms with E-state index in [-0.39, 0.29) is 30.0 Å². The maximum absolute atomic E-state index is 13.1. The summed E-state index contributed by atoms with van der Waals surface area (Å²) in [5.41, 5.74) is -0.311. The Labute approximate surface area is 181 Å². The van der Waals surface area contributed by atoms with Gasteiger partial charge in [-0.25, -0.2) is 19.2 Å². The topological polar surface area (TPSA) is 106 Å². The van der Waals surface area contributed by atoms with Crippen molar-refractivity contribution in [2.75, 3.05) is 37.7 Å². The Morgan fingerprint density at radius 1 is 1.32 bits per heavy atom. The molecular weight excluding hydrogens is 405 g/mol. The van der Waals surface area contributed by atoms with Crippen molar-refractivity contribution in [3.8, 4) is 5.75 Å². The summed E-state index contributed by atoms with van der Waals surface area (Å²) in [6, 6.07) is 0. The molecular formula is C21H30FN5O4. The Balaban J connectivity index is 1.44. The number of anilines is 1. The number of aromatic nitrogens is 2. The monoisotopic (exact) mass is 435 g/mol. The van der Waals surface area contributed by atoms with Gasteiger partial charge in [-0.2, -0.15) is 0 Å². The third-order valence-electron chi connectivity index (χ3n) is 5.35. The van der Waals surface area contributed by atoms with E-state index in [1.54, 1.807) is 33.2 Å². The summed E-state index contributed by atoms with van der Waals surface area (Å²) in [6.45, 7) is 7.50. The number of halogens is 1. The molecule has 2 saturated heterocycles. The number of ether oxygens (including phenoxy) is 2. The van der Waals surface area contributed by atoms with Crippen LogP contribution in [0, 0.1) is 5.41 Å². The number of amides is 2. The van der Waals surface area contributed by atoms with Gasteiger partial charge >= 0.3 is 6.09 Å². The molecule has 2 aliphatic heterocycles. The van der Waals surface area contributed by atoms with E-state index >= 15 is 0 Å². The predicted octanol–water partition coefficient (Wildman–Crippen LogP) is 2.34. The van der Waals surface area contributed by atoms with Crippen LogP contribution in [-0.2, 0) is 9.53 Å². The zero-order valence-electron chi connectivity index (χ0n) is 18.2.